The van der Waals surface area contributed by atoms with Crippen LogP contribution in [0.25, 0.3) is 11.5 Å². The highest BCUT2D eigenvalue weighted by Crippen LogP contribution is 2.44. The molecule has 3 N–H and O–H groups in total. The molecule has 1 unspecified atom stereocenters. The van der Waals surface area contributed by atoms with Gasteiger partial charge in [0, 0.05) is 12.6 Å². The first-order valence-corrected chi connectivity index (χ1v) is 12.3. The van der Waals surface area contributed by atoms with Crippen LogP contribution in [0, 0.1) is 0 Å². The summed E-state index contributed by atoms with van der Waals surface area (Å²) in [5.41, 5.74) is 1.96. The third-order valence-electron chi connectivity index (χ3n) is 5.22. The molecule has 0 amide bonds. The molecule has 3 aromatic rings. The molecule has 2 aromatic heterocycles. The number of hydrogen-bond donors (Lipinski definition) is 4. The van der Waals surface area contributed by atoms with Crippen LogP contribution in [0.3, 0.4) is 0 Å². The number of rotatable bonds is 9. The number of hydrogen-bond acceptors (Lipinski definition) is 10. The smallest absolute Gasteiger partial charge is 0.342 e. The van der Waals surface area contributed by atoms with E-state index in [-0.39, 0.29) is 5.95 Å². The Morgan fingerprint density at radius 1 is 1.17 bits per heavy atom. The largest absolute Gasteiger partial charge is 0.493 e. The number of benzene rings is 1. The lowest BCUT2D eigenvalue weighted by atomic mass is 10.2. The van der Waals surface area contributed by atoms with E-state index in [4.69, 9.17) is 13.9 Å². The van der Waals surface area contributed by atoms with Gasteiger partial charge in [-0.2, -0.15) is 15.9 Å². The summed E-state index contributed by atoms with van der Waals surface area (Å²) in [4.78, 5) is 29.6. The summed E-state index contributed by atoms with van der Waals surface area (Å²) >= 11 is 0. The molecule has 1 aliphatic rings. The minimum atomic E-state index is -1.13. The van der Waals surface area contributed by atoms with E-state index in [1.165, 1.54) is 6.39 Å². The number of methoxy groups -OCH3 is 2. The number of aromatic nitrogens is 3. The van der Waals surface area contributed by atoms with Gasteiger partial charge in [-0.3, -0.25) is 0 Å². The molecular formula is C23H26N6O5S. The molecule has 184 valence electrons. The summed E-state index contributed by atoms with van der Waals surface area (Å²) in [6.07, 6.45) is 2.88. The second-order valence-corrected chi connectivity index (χ2v) is 9.77. The molecule has 0 radical (unpaired) electrons. The number of carboxylic acids is 1. The lowest BCUT2D eigenvalue weighted by molar-refractivity contribution is -0.131. The Hall–Kier alpha value is -4.06. The number of thiol groups is 1. The molecule has 35 heavy (non-hydrogen) atoms. The van der Waals surface area contributed by atoms with E-state index in [1.807, 2.05) is 25.1 Å². The molecule has 11 nitrogen and oxygen atoms in total. The summed E-state index contributed by atoms with van der Waals surface area (Å²) in [5, 5.41) is 16.6. The van der Waals surface area contributed by atoms with Crippen LogP contribution in [0.4, 0.5) is 11.8 Å². The molecular weight excluding hydrogens is 472 g/mol. The maximum absolute atomic E-state index is 11.7. The Morgan fingerprint density at radius 2 is 1.97 bits per heavy atom. The highest BCUT2D eigenvalue weighted by Gasteiger charge is 2.29. The summed E-state index contributed by atoms with van der Waals surface area (Å²) in [5.74, 6) is 2.22. The van der Waals surface area contributed by atoms with Gasteiger partial charge in [-0.15, -0.1) is 0 Å². The van der Waals surface area contributed by atoms with Crippen molar-refractivity contribution >= 4 is 33.8 Å². The Kier molecular flexibility index (Phi) is 7.20. The minimum Gasteiger partial charge on any atom is -0.493 e. The number of ether oxygens (including phenoxy) is 2. The molecule has 3 heterocycles. The zero-order chi connectivity index (χ0) is 24.9. The van der Waals surface area contributed by atoms with Crippen LogP contribution in [0.5, 0.6) is 11.5 Å². The third-order valence-corrected chi connectivity index (χ3v) is 7.63. The van der Waals surface area contributed by atoms with Crippen molar-refractivity contribution in [1.29, 1.82) is 0 Å². The van der Waals surface area contributed by atoms with Crippen LogP contribution in [-0.2, 0) is 11.3 Å². The molecule has 0 fully saturated rings. The van der Waals surface area contributed by atoms with Crippen molar-refractivity contribution < 1.29 is 23.8 Å². The minimum absolute atomic E-state index is 0.271. The first-order valence-electron chi connectivity index (χ1n) is 10.7. The van der Waals surface area contributed by atoms with E-state index >= 15 is 0 Å². The van der Waals surface area contributed by atoms with Gasteiger partial charge in [0.15, 0.2) is 28.8 Å². The number of carboxylic acid groups (broad SMARTS) is 1. The maximum atomic E-state index is 11.7. The van der Waals surface area contributed by atoms with Crippen LogP contribution in [0.2, 0.25) is 0 Å². The first kappa shape index (κ1) is 24.1. The number of aliphatic imine (C=N–C) groups is 1. The van der Waals surface area contributed by atoms with E-state index in [2.05, 4.69) is 30.6 Å². The number of oxazole rings is 1. The standard InChI is InChI=1S/C23H26N6O5S/c1-5-35-20(21(30)31)13(2)26-23(35)29-22-27-15(18-11-24-12-34-18)9-19(28-22)25-10-14-6-7-16(32-3)17(8-14)33-4/h6-9,11-12,35H,5,10H2,1-4H3,(H,30,31)(H2,25,26,27,28,29). The van der Waals surface area contributed by atoms with Crippen molar-refractivity contribution in [1.82, 2.24) is 15.0 Å². The van der Waals surface area contributed by atoms with Crippen molar-refractivity contribution in [3.8, 4) is 23.0 Å². The van der Waals surface area contributed by atoms with Gasteiger partial charge in [-0.05, 0) is 30.4 Å². The SMILES string of the molecule is CC[SH]1C(Nc2nc(NCc3ccc(OC)c(OC)c3)cc(-c3cnco3)n2)=NC(C)=C1C(=O)O. The molecule has 0 saturated heterocycles. The van der Waals surface area contributed by atoms with E-state index in [0.717, 1.165) is 5.56 Å². The number of anilines is 2. The van der Waals surface area contributed by atoms with Gasteiger partial charge >= 0.3 is 5.97 Å². The van der Waals surface area contributed by atoms with E-state index in [0.29, 0.717) is 56.8 Å². The summed E-state index contributed by atoms with van der Waals surface area (Å²) in [6.45, 7) is 4.09. The monoisotopic (exact) mass is 498 g/mol. The maximum Gasteiger partial charge on any atom is 0.342 e. The topological polar surface area (TPSA) is 144 Å². The zero-order valence-electron chi connectivity index (χ0n) is 19.7. The lowest BCUT2D eigenvalue weighted by Gasteiger charge is -2.18. The van der Waals surface area contributed by atoms with Crippen molar-refractivity contribution in [2.75, 3.05) is 30.6 Å². The number of nitrogens with zero attached hydrogens (tertiary/aromatic N) is 4. The fraction of sp³-hybridized carbons (Fsp3) is 0.261. The van der Waals surface area contributed by atoms with Gasteiger partial charge in [0.1, 0.15) is 16.4 Å². The molecule has 1 aromatic carbocycles. The molecule has 1 atom stereocenters. The second kappa shape index (κ2) is 10.5. The Morgan fingerprint density at radius 3 is 2.63 bits per heavy atom. The molecule has 0 saturated carbocycles. The van der Waals surface area contributed by atoms with Gasteiger partial charge in [0.2, 0.25) is 5.95 Å². The summed E-state index contributed by atoms with van der Waals surface area (Å²) in [7, 11) is 2.04. The predicted octanol–water partition coefficient (Wildman–Crippen LogP) is 3.88. The molecule has 0 spiro atoms. The van der Waals surface area contributed by atoms with Crippen molar-refractivity contribution in [2.45, 2.75) is 20.4 Å². The number of nitrogens with one attached hydrogen (secondary N) is 2. The van der Waals surface area contributed by atoms with Crippen LogP contribution in [0.1, 0.15) is 19.4 Å². The number of aliphatic carboxylic acids is 1. The van der Waals surface area contributed by atoms with E-state index in [1.54, 1.807) is 33.4 Å². The van der Waals surface area contributed by atoms with Crippen LogP contribution in [0.15, 0.2) is 56.9 Å². The van der Waals surface area contributed by atoms with Crippen LogP contribution >= 0.6 is 10.9 Å². The van der Waals surface area contributed by atoms with Gasteiger partial charge in [-0.1, -0.05) is 13.0 Å². The number of carbonyl (C=O) groups is 1. The van der Waals surface area contributed by atoms with Gasteiger partial charge < -0.3 is 29.6 Å². The van der Waals surface area contributed by atoms with E-state index in [9.17, 15) is 9.90 Å². The van der Waals surface area contributed by atoms with E-state index < -0.39 is 16.9 Å². The molecule has 4 rings (SSSR count). The van der Waals surface area contributed by atoms with Gasteiger partial charge in [0.25, 0.3) is 0 Å². The predicted molar refractivity (Wildman–Crippen MR) is 135 cm³/mol. The summed E-state index contributed by atoms with van der Waals surface area (Å²) in [6, 6.07) is 7.39. The first-order chi connectivity index (χ1) is 16.9. The quantitative estimate of drug-likeness (QED) is 0.321. The second-order valence-electron chi connectivity index (χ2n) is 7.41. The zero-order valence-corrected chi connectivity index (χ0v) is 20.6. The van der Waals surface area contributed by atoms with Crippen LogP contribution < -0.4 is 20.1 Å². The summed E-state index contributed by atoms with van der Waals surface area (Å²) < 4.78 is 16.1. The van der Waals surface area contributed by atoms with Gasteiger partial charge in [0.05, 0.1) is 26.1 Å². The van der Waals surface area contributed by atoms with Crippen molar-refractivity contribution in [3.05, 3.63) is 53.0 Å². The number of allylic oxidation sites excluding steroid dienone is 1. The fourth-order valence-electron chi connectivity index (χ4n) is 3.59. The highest BCUT2D eigenvalue weighted by molar-refractivity contribution is 8.34. The normalized spacial score (nSPS) is 16.1. The lowest BCUT2D eigenvalue weighted by Crippen LogP contribution is -2.17. The molecule has 0 aliphatic carbocycles. The number of amidine groups is 1. The highest BCUT2D eigenvalue weighted by atomic mass is 32.2. The Labute approximate surface area is 204 Å². The molecule has 12 heteroatoms. The van der Waals surface area contributed by atoms with Crippen molar-refractivity contribution in [3.63, 3.8) is 0 Å². The fourth-order valence-corrected chi connectivity index (χ4v) is 5.60. The molecule has 0 bridgehead atoms. The van der Waals surface area contributed by atoms with Gasteiger partial charge in [-0.25, -0.2) is 19.8 Å². The molecule has 1 aliphatic heterocycles. The Balaban J connectivity index is 1.60. The van der Waals surface area contributed by atoms with Crippen LogP contribution in [-0.4, -0.2) is 51.2 Å². The average molecular weight is 499 g/mol. The Bertz CT molecular complexity index is 1290. The average Bonchev–Trinajstić information content (AvgIpc) is 3.50. The third kappa shape index (κ3) is 5.22. The van der Waals surface area contributed by atoms with Crippen molar-refractivity contribution in [2.24, 2.45) is 4.99 Å².